The Morgan fingerprint density at radius 3 is 2.64 bits per heavy atom. The third-order valence-corrected chi connectivity index (χ3v) is 6.60. The molecule has 138 valence electrons. The lowest BCUT2D eigenvalue weighted by Crippen LogP contribution is -2.53. The Labute approximate surface area is 147 Å². The van der Waals surface area contributed by atoms with Crippen molar-refractivity contribution < 1.29 is 27.4 Å². The number of esters is 1. The normalized spacial score (nSPS) is 29.2. The number of rotatable bonds is 4. The van der Waals surface area contributed by atoms with E-state index in [1.54, 1.807) is 44.2 Å². The Kier molecular flexibility index (Phi) is 4.89. The van der Waals surface area contributed by atoms with Crippen LogP contribution in [0.2, 0.25) is 0 Å². The Bertz CT molecular complexity index is 733. The zero-order valence-electron chi connectivity index (χ0n) is 14.5. The Balaban J connectivity index is 1.96. The molecule has 1 aromatic carbocycles. The molecule has 8 heteroatoms. The van der Waals surface area contributed by atoms with Crippen LogP contribution in [-0.2, 0) is 29.0 Å². The summed E-state index contributed by atoms with van der Waals surface area (Å²) in [5, 5.41) is 0. The number of benzene rings is 1. The second-order valence-corrected chi connectivity index (χ2v) is 8.60. The van der Waals surface area contributed by atoms with Crippen LogP contribution in [0.15, 0.2) is 35.2 Å². The number of methoxy groups -OCH3 is 1. The molecule has 2 fully saturated rings. The summed E-state index contributed by atoms with van der Waals surface area (Å²) in [6.45, 7) is 3.82. The van der Waals surface area contributed by atoms with E-state index < -0.39 is 33.9 Å². The van der Waals surface area contributed by atoms with Crippen molar-refractivity contribution in [1.29, 1.82) is 0 Å². The molecule has 25 heavy (non-hydrogen) atoms. The van der Waals surface area contributed by atoms with E-state index >= 15 is 0 Å². The highest BCUT2D eigenvalue weighted by molar-refractivity contribution is 7.89. The average molecular weight is 369 g/mol. The summed E-state index contributed by atoms with van der Waals surface area (Å²) in [7, 11) is -2.49. The SMILES string of the molecule is COC(=O)C[C@@H]1C[C@@H]2OC(C)(C)OC[C@@H]2N1S(=O)(=O)c1ccccc1. The van der Waals surface area contributed by atoms with Crippen LogP contribution in [0.25, 0.3) is 0 Å². The van der Waals surface area contributed by atoms with Gasteiger partial charge in [-0.05, 0) is 32.4 Å². The Hall–Kier alpha value is -1.48. The van der Waals surface area contributed by atoms with E-state index in [1.165, 1.54) is 11.4 Å². The molecule has 0 N–H and O–H groups in total. The largest absolute Gasteiger partial charge is 0.469 e. The van der Waals surface area contributed by atoms with E-state index in [4.69, 9.17) is 14.2 Å². The monoisotopic (exact) mass is 369 g/mol. The molecule has 0 spiro atoms. The van der Waals surface area contributed by atoms with E-state index in [0.717, 1.165) is 0 Å². The van der Waals surface area contributed by atoms with Crippen molar-refractivity contribution in [3.8, 4) is 0 Å². The van der Waals surface area contributed by atoms with Crippen molar-refractivity contribution in [2.45, 2.75) is 55.6 Å². The molecule has 0 aliphatic carbocycles. The molecular weight excluding hydrogens is 346 g/mol. The molecule has 1 aromatic rings. The number of carbonyl (C=O) groups is 1. The van der Waals surface area contributed by atoms with Gasteiger partial charge in [0.05, 0.1) is 37.2 Å². The number of nitrogens with zero attached hydrogens (tertiary/aromatic N) is 1. The molecule has 0 amide bonds. The lowest BCUT2D eigenvalue weighted by atomic mass is 10.1. The summed E-state index contributed by atoms with van der Waals surface area (Å²) in [4.78, 5) is 12.0. The minimum Gasteiger partial charge on any atom is -0.469 e. The molecule has 0 unspecified atom stereocenters. The second-order valence-electron chi connectivity index (χ2n) is 6.75. The maximum atomic E-state index is 13.2. The van der Waals surface area contributed by atoms with Crippen LogP contribution < -0.4 is 0 Å². The van der Waals surface area contributed by atoms with Crippen molar-refractivity contribution in [2.75, 3.05) is 13.7 Å². The van der Waals surface area contributed by atoms with Crippen molar-refractivity contribution in [3.05, 3.63) is 30.3 Å². The van der Waals surface area contributed by atoms with E-state index in [9.17, 15) is 13.2 Å². The zero-order chi connectivity index (χ0) is 18.2. The van der Waals surface area contributed by atoms with Crippen LogP contribution in [0.5, 0.6) is 0 Å². The molecule has 3 rings (SSSR count). The summed E-state index contributed by atoms with van der Waals surface area (Å²) in [6, 6.07) is 7.21. The molecule has 0 aromatic heterocycles. The van der Waals surface area contributed by atoms with Crippen molar-refractivity contribution >= 4 is 16.0 Å². The maximum Gasteiger partial charge on any atom is 0.307 e. The van der Waals surface area contributed by atoms with Crippen LogP contribution >= 0.6 is 0 Å². The zero-order valence-corrected chi connectivity index (χ0v) is 15.4. The van der Waals surface area contributed by atoms with E-state index in [0.29, 0.717) is 6.42 Å². The smallest absolute Gasteiger partial charge is 0.307 e. The quantitative estimate of drug-likeness (QED) is 0.749. The summed E-state index contributed by atoms with van der Waals surface area (Å²) in [5.74, 6) is -1.22. The van der Waals surface area contributed by atoms with Gasteiger partial charge < -0.3 is 14.2 Å². The molecule has 2 saturated heterocycles. The molecule has 2 aliphatic heterocycles. The van der Waals surface area contributed by atoms with Gasteiger partial charge in [-0.2, -0.15) is 4.31 Å². The second kappa shape index (κ2) is 6.68. The van der Waals surface area contributed by atoms with E-state index in [1.807, 2.05) is 0 Å². The minimum absolute atomic E-state index is 0.0145. The predicted octanol–water partition coefficient (Wildman–Crippen LogP) is 1.53. The molecule has 0 saturated carbocycles. The molecule has 0 bridgehead atoms. The van der Waals surface area contributed by atoms with E-state index in [2.05, 4.69) is 0 Å². The fourth-order valence-corrected chi connectivity index (χ4v) is 5.34. The molecule has 7 nitrogen and oxygen atoms in total. The van der Waals surface area contributed by atoms with Crippen LogP contribution in [0.1, 0.15) is 26.7 Å². The number of sulfonamides is 1. The fraction of sp³-hybridized carbons (Fsp3) is 0.588. The minimum atomic E-state index is -3.78. The third-order valence-electron chi connectivity index (χ3n) is 4.61. The standard InChI is InChI=1S/C17H23NO6S/c1-17(2)23-11-14-15(24-17)9-12(10-16(19)22-3)18(14)25(20,21)13-7-5-4-6-8-13/h4-8,12,14-15H,9-11H2,1-3H3/t12-,14-,15-/m0/s1. The highest BCUT2D eigenvalue weighted by atomic mass is 32.2. The van der Waals surface area contributed by atoms with Gasteiger partial charge in [0.25, 0.3) is 0 Å². The first-order valence-corrected chi connectivity index (χ1v) is 9.66. The molecular formula is C17H23NO6S. The van der Waals surface area contributed by atoms with Crippen LogP contribution in [0.3, 0.4) is 0 Å². The van der Waals surface area contributed by atoms with Gasteiger partial charge in [-0.3, -0.25) is 4.79 Å². The maximum absolute atomic E-state index is 13.2. The van der Waals surface area contributed by atoms with Crippen molar-refractivity contribution in [2.24, 2.45) is 0 Å². The first-order valence-electron chi connectivity index (χ1n) is 8.22. The average Bonchev–Trinajstić information content (AvgIpc) is 2.91. The van der Waals surface area contributed by atoms with Gasteiger partial charge in [0, 0.05) is 6.04 Å². The molecule has 2 aliphatic rings. The van der Waals surface area contributed by atoms with Gasteiger partial charge in [-0.15, -0.1) is 0 Å². The highest BCUT2D eigenvalue weighted by Crippen LogP contribution is 2.39. The van der Waals surface area contributed by atoms with Crippen LogP contribution in [0, 0.1) is 0 Å². The van der Waals surface area contributed by atoms with Gasteiger partial charge in [0.2, 0.25) is 10.0 Å². The van der Waals surface area contributed by atoms with Gasteiger partial charge in [0.15, 0.2) is 5.79 Å². The van der Waals surface area contributed by atoms with Gasteiger partial charge in [-0.1, -0.05) is 18.2 Å². The van der Waals surface area contributed by atoms with Gasteiger partial charge in [-0.25, -0.2) is 8.42 Å². The summed E-state index contributed by atoms with van der Waals surface area (Å²) >= 11 is 0. The van der Waals surface area contributed by atoms with Crippen LogP contribution in [-0.4, -0.2) is 56.4 Å². The van der Waals surface area contributed by atoms with Crippen molar-refractivity contribution in [3.63, 3.8) is 0 Å². The number of hydrogen-bond acceptors (Lipinski definition) is 6. The topological polar surface area (TPSA) is 82.1 Å². The van der Waals surface area contributed by atoms with Crippen molar-refractivity contribution in [1.82, 2.24) is 4.31 Å². The third kappa shape index (κ3) is 3.57. The summed E-state index contributed by atoms with van der Waals surface area (Å²) in [5.41, 5.74) is 0. The van der Waals surface area contributed by atoms with Gasteiger partial charge in [0.1, 0.15) is 0 Å². The number of fused-ring (bicyclic) bond motifs is 1. The molecule has 3 atom stereocenters. The van der Waals surface area contributed by atoms with Gasteiger partial charge >= 0.3 is 5.97 Å². The fourth-order valence-electron chi connectivity index (χ4n) is 3.49. The first-order chi connectivity index (χ1) is 11.7. The van der Waals surface area contributed by atoms with Crippen LogP contribution in [0.4, 0.5) is 0 Å². The first kappa shape index (κ1) is 18.3. The Morgan fingerprint density at radius 1 is 1.32 bits per heavy atom. The Morgan fingerprint density at radius 2 is 2.00 bits per heavy atom. The highest BCUT2D eigenvalue weighted by Gasteiger charge is 2.53. The number of ether oxygens (including phenoxy) is 3. The summed E-state index contributed by atoms with van der Waals surface area (Å²) in [6.07, 6.45) is 0.0923. The molecule has 2 heterocycles. The lowest BCUT2D eigenvalue weighted by Gasteiger charge is -2.40. The molecule has 0 radical (unpaired) electrons. The van der Waals surface area contributed by atoms with E-state index in [-0.39, 0.29) is 24.0 Å². The lowest BCUT2D eigenvalue weighted by molar-refractivity contribution is -0.279. The number of carbonyl (C=O) groups excluding carboxylic acids is 1. The number of hydrogen-bond donors (Lipinski definition) is 0. The summed E-state index contributed by atoms with van der Waals surface area (Å²) < 4.78 is 44.1. The predicted molar refractivity (Wildman–Crippen MR) is 89.2 cm³/mol.